The van der Waals surface area contributed by atoms with Crippen LogP contribution in [-0.2, 0) is 4.79 Å². The second kappa shape index (κ2) is 7.71. The van der Waals surface area contributed by atoms with E-state index in [0.29, 0.717) is 12.3 Å². The summed E-state index contributed by atoms with van der Waals surface area (Å²) >= 11 is 0. The van der Waals surface area contributed by atoms with Gasteiger partial charge in [-0.3, -0.25) is 4.79 Å². The number of anilines is 1. The Balaban J connectivity index is 2.18. The first kappa shape index (κ1) is 19.7. The molecule has 1 aromatic heterocycles. The molecule has 0 saturated carbocycles. The highest BCUT2D eigenvalue weighted by Gasteiger charge is 2.25. The average Bonchev–Trinajstić information content (AvgIpc) is 2.69. The number of carbonyl (C=O) groups is 1. The standard InChI is InChI=1S/C20H34N4O/c1-14(2)18-15(3)21-16(4)22-19(18)24-10-8-9-23(11-12-24)17(25)13-20(5,6)7/h14H,8-13H2,1-7H3. The third-order valence-corrected chi connectivity index (χ3v) is 4.63. The lowest BCUT2D eigenvalue weighted by Crippen LogP contribution is -2.37. The molecule has 1 aliphatic heterocycles. The number of amides is 1. The van der Waals surface area contributed by atoms with Crippen molar-refractivity contribution in [1.82, 2.24) is 14.9 Å². The fourth-order valence-corrected chi connectivity index (χ4v) is 3.56. The smallest absolute Gasteiger partial charge is 0.223 e. The van der Waals surface area contributed by atoms with E-state index < -0.39 is 0 Å². The molecule has 2 heterocycles. The summed E-state index contributed by atoms with van der Waals surface area (Å²) in [6, 6.07) is 0. The number of nitrogens with zero attached hydrogens (tertiary/aromatic N) is 4. The lowest BCUT2D eigenvalue weighted by Gasteiger charge is -2.28. The average molecular weight is 347 g/mol. The lowest BCUT2D eigenvalue weighted by molar-refractivity contribution is -0.132. The van der Waals surface area contributed by atoms with E-state index >= 15 is 0 Å². The minimum atomic E-state index is 0.0365. The van der Waals surface area contributed by atoms with Gasteiger partial charge in [-0.2, -0.15) is 0 Å². The zero-order valence-electron chi connectivity index (χ0n) is 17.0. The number of aromatic nitrogens is 2. The molecule has 0 bridgehead atoms. The van der Waals surface area contributed by atoms with Crippen LogP contribution in [0.15, 0.2) is 0 Å². The van der Waals surface area contributed by atoms with Gasteiger partial charge in [-0.25, -0.2) is 9.97 Å². The molecule has 0 aliphatic carbocycles. The SMILES string of the molecule is Cc1nc(C)c(C(C)C)c(N2CCCN(C(=O)CC(C)(C)C)CC2)n1. The molecular formula is C20H34N4O. The molecule has 140 valence electrons. The topological polar surface area (TPSA) is 49.3 Å². The summed E-state index contributed by atoms with van der Waals surface area (Å²) in [6.45, 7) is 18.2. The van der Waals surface area contributed by atoms with Crippen LogP contribution in [-0.4, -0.2) is 47.0 Å². The number of rotatable bonds is 3. The minimum absolute atomic E-state index is 0.0365. The quantitative estimate of drug-likeness (QED) is 0.837. The zero-order chi connectivity index (χ0) is 18.8. The molecule has 5 nitrogen and oxygen atoms in total. The van der Waals surface area contributed by atoms with Crippen LogP contribution < -0.4 is 4.90 Å². The van der Waals surface area contributed by atoms with E-state index in [2.05, 4.69) is 51.4 Å². The Morgan fingerprint density at radius 1 is 1.08 bits per heavy atom. The van der Waals surface area contributed by atoms with Crippen molar-refractivity contribution in [3.8, 4) is 0 Å². The lowest BCUT2D eigenvalue weighted by atomic mass is 9.91. The van der Waals surface area contributed by atoms with Gasteiger partial charge in [0.05, 0.1) is 0 Å². The molecule has 1 aromatic rings. The van der Waals surface area contributed by atoms with Gasteiger partial charge in [0, 0.05) is 43.9 Å². The van der Waals surface area contributed by atoms with Gasteiger partial charge < -0.3 is 9.80 Å². The Morgan fingerprint density at radius 3 is 2.36 bits per heavy atom. The van der Waals surface area contributed by atoms with E-state index in [-0.39, 0.29) is 11.3 Å². The Morgan fingerprint density at radius 2 is 1.76 bits per heavy atom. The van der Waals surface area contributed by atoms with Crippen molar-refractivity contribution in [1.29, 1.82) is 0 Å². The minimum Gasteiger partial charge on any atom is -0.354 e. The zero-order valence-corrected chi connectivity index (χ0v) is 17.0. The monoisotopic (exact) mass is 346 g/mol. The molecule has 1 saturated heterocycles. The van der Waals surface area contributed by atoms with Crippen LogP contribution in [0.5, 0.6) is 0 Å². The first-order valence-corrected chi connectivity index (χ1v) is 9.46. The molecule has 0 atom stereocenters. The third kappa shape index (κ3) is 5.16. The van der Waals surface area contributed by atoms with E-state index in [9.17, 15) is 4.79 Å². The maximum atomic E-state index is 12.6. The van der Waals surface area contributed by atoms with Crippen molar-refractivity contribution in [3.63, 3.8) is 0 Å². The van der Waals surface area contributed by atoms with Gasteiger partial charge in [0.2, 0.25) is 5.91 Å². The van der Waals surface area contributed by atoms with Gasteiger partial charge >= 0.3 is 0 Å². The molecule has 5 heteroatoms. The van der Waals surface area contributed by atoms with Crippen LogP contribution in [0.1, 0.15) is 70.5 Å². The molecule has 0 unspecified atom stereocenters. The molecule has 2 rings (SSSR count). The Bertz CT molecular complexity index is 619. The molecule has 25 heavy (non-hydrogen) atoms. The highest BCUT2D eigenvalue weighted by atomic mass is 16.2. The molecule has 1 aliphatic rings. The van der Waals surface area contributed by atoms with Crippen LogP contribution in [0.25, 0.3) is 0 Å². The molecular weight excluding hydrogens is 312 g/mol. The highest BCUT2D eigenvalue weighted by Crippen LogP contribution is 2.29. The molecule has 1 fully saturated rings. The fraction of sp³-hybridized carbons (Fsp3) is 0.750. The molecule has 1 amide bonds. The van der Waals surface area contributed by atoms with Crippen molar-refractivity contribution in [2.45, 2.75) is 67.2 Å². The van der Waals surface area contributed by atoms with E-state index in [0.717, 1.165) is 49.9 Å². The van der Waals surface area contributed by atoms with E-state index in [1.165, 1.54) is 5.56 Å². The predicted octanol–water partition coefficient (Wildman–Crippen LogP) is 3.69. The van der Waals surface area contributed by atoms with Crippen molar-refractivity contribution >= 4 is 11.7 Å². The van der Waals surface area contributed by atoms with Crippen molar-refractivity contribution < 1.29 is 4.79 Å². The first-order valence-electron chi connectivity index (χ1n) is 9.46. The van der Waals surface area contributed by atoms with Gasteiger partial charge in [-0.05, 0) is 31.6 Å². The van der Waals surface area contributed by atoms with Crippen LogP contribution in [0.3, 0.4) is 0 Å². The van der Waals surface area contributed by atoms with Gasteiger partial charge in [0.1, 0.15) is 11.6 Å². The number of hydrogen-bond acceptors (Lipinski definition) is 4. The summed E-state index contributed by atoms with van der Waals surface area (Å²) in [6.07, 6.45) is 1.59. The van der Waals surface area contributed by atoms with Crippen LogP contribution in [0.4, 0.5) is 5.82 Å². The van der Waals surface area contributed by atoms with Crippen LogP contribution >= 0.6 is 0 Å². The third-order valence-electron chi connectivity index (χ3n) is 4.63. The fourth-order valence-electron chi connectivity index (χ4n) is 3.56. The summed E-state index contributed by atoms with van der Waals surface area (Å²) in [5, 5.41) is 0. The normalized spacial score (nSPS) is 16.3. The number of carbonyl (C=O) groups excluding carboxylic acids is 1. The maximum absolute atomic E-state index is 12.6. The van der Waals surface area contributed by atoms with Gasteiger partial charge in [0.15, 0.2) is 0 Å². The second-order valence-corrected chi connectivity index (χ2v) is 8.71. The summed E-state index contributed by atoms with van der Waals surface area (Å²) in [7, 11) is 0. The van der Waals surface area contributed by atoms with E-state index in [1.807, 2.05) is 11.8 Å². The van der Waals surface area contributed by atoms with Gasteiger partial charge in [0.25, 0.3) is 0 Å². The van der Waals surface area contributed by atoms with Crippen LogP contribution in [0.2, 0.25) is 0 Å². The molecule has 0 N–H and O–H groups in total. The van der Waals surface area contributed by atoms with Crippen LogP contribution in [0, 0.1) is 19.3 Å². The van der Waals surface area contributed by atoms with Crippen molar-refractivity contribution in [3.05, 3.63) is 17.1 Å². The Labute approximate surface area is 152 Å². The number of aryl methyl sites for hydroxylation is 2. The molecule has 0 radical (unpaired) electrons. The van der Waals surface area contributed by atoms with Crippen molar-refractivity contribution in [2.75, 3.05) is 31.1 Å². The Hall–Kier alpha value is -1.65. The summed E-state index contributed by atoms with van der Waals surface area (Å²) in [4.78, 5) is 26.3. The summed E-state index contributed by atoms with van der Waals surface area (Å²) in [5.41, 5.74) is 2.34. The molecule has 0 aromatic carbocycles. The van der Waals surface area contributed by atoms with Crippen molar-refractivity contribution in [2.24, 2.45) is 5.41 Å². The van der Waals surface area contributed by atoms with Gasteiger partial charge in [-0.1, -0.05) is 34.6 Å². The van der Waals surface area contributed by atoms with E-state index in [1.54, 1.807) is 0 Å². The highest BCUT2D eigenvalue weighted by molar-refractivity contribution is 5.77. The molecule has 0 spiro atoms. The second-order valence-electron chi connectivity index (χ2n) is 8.71. The Kier molecular flexibility index (Phi) is 6.07. The largest absolute Gasteiger partial charge is 0.354 e. The van der Waals surface area contributed by atoms with Gasteiger partial charge in [-0.15, -0.1) is 0 Å². The number of hydrogen-bond donors (Lipinski definition) is 0. The maximum Gasteiger partial charge on any atom is 0.223 e. The van der Waals surface area contributed by atoms with E-state index in [4.69, 9.17) is 4.98 Å². The summed E-state index contributed by atoms with van der Waals surface area (Å²) in [5.74, 6) is 2.54. The predicted molar refractivity (Wildman–Crippen MR) is 103 cm³/mol. The first-order chi connectivity index (χ1) is 11.6. The summed E-state index contributed by atoms with van der Waals surface area (Å²) < 4.78 is 0.